The van der Waals surface area contributed by atoms with Crippen LogP contribution in [0.3, 0.4) is 0 Å². The van der Waals surface area contributed by atoms with Gasteiger partial charge >= 0.3 is 0 Å². The Labute approximate surface area is 99.4 Å². The van der Waals surface area contributed by atoms with Crippen LogP contribution in [0, 0.1) is 0 Å². The lowest BCUT2D eigenvalue weighted by Gasteiger charge is -2.08. The summed E-state index contributed by atoms with van der Waals surface area (Å²) in [7, 11) is 0. The van der Waals surface area contributed by atoms with E-state index in [0.717, 1.165) is 24.4 Å². The molecule has 17 heavy (non-hydrogen) atoms. The van der Waals surface area contributed by atoms with E-state index < -0.39 is 0 Å². The van der Waals surface area contributed by atoms with Gasteiger partial charge in [0.25, 0.3) is 0 Å². The minimum atomic E-state index is 0.673. The number of rotatable bonds is 3. The molecule has 1 N–H and O–H groups in total. The lowest BCUT2D eigenvalue weighted by atomic mass is 10.2. The fourth-order valence-corrected chi connectivity index (χ4v) is 2.11. The first-order chi connectivity index (χ1) is 8.43. The number of aryl methyl sites for hydroxylation is 1. The maximum Gasteiger partial charge on any atom is 0.133 e. The SMILES string of the molecule is c1cc(CNc2ncnc3c2CCC3)ncn1. The zero-order valence-corrected chi connectivity index (χ0v) is 9.43. The molecule has 3 rings (SSSR count). The van der Waals surface area contributed by atoms with Gasteiger partial charge in [0, 0.05) is 17.5 Å². The van der Waals surface area contributed by atoms with Crippen molar-refractivity contribution in [2.75, 3.05) is 5.32 Å². The van der Waals surface area contributed by atoms with E-state index in [9.17, 15) is 0 Å². The average molecular weight is 227 g/mol. The number of nitrogens with one attached hydrogen (secondary N) is 1. The highest BCUT2D eigenvalue weighted by atomic mass is 15.0. The summed E-state index contributed by atoms with van der Waals surface area (Å²) in [4.78, 5) is 16.7. The van der Waals surface area contributed by atoms with Crippen LogP contribution in [0.1, 0.15) is 23.4 Å². The summed E-state index contributed by atoms with van der Waals surface area (Å²) in [5.74, 6) is 0.950. The first kappa shape index (κ1) is 10.1. The molecule has 2 aromatic heterocycles. The summed E-state index contributed by atoms with van der Waals surface area (Å²) in [6, 6.07) is 1.90. The second-order valence-corrected chi connectivity index (χ2v) is 4.06. The quantitative estimate of drug-likeness (QED) is 0.858. The molecule has 86 valence electrons. The van der Waals surface area contributed by atoms with Crippen molar-refractivity contribution in [1.29, 1.82) is 0 Å². The summed E-state index contributed by atoms with van der Waals surface area (Å²) in [5, 5.41) is 3.32. The molecule has 0 atom stereocenters. The molecule has 0 aromatic carbocycles. The van der Waals surface area contributed by atoms with E-state index in [4.69, 9.17) is 0 Å². The van der Waals surface area contributed by atoms with Crippen molar-refractivity contribution in [3.05, 3.63) is 41.9 Å². The maximum absolute atomic E-state index is 4.30. The Bertz CT molecular complexity index is 512. The summed E-state index contributed by atoms with van der Waals surface area (Å²) in [6.07, 6.45) is 8.25. The molecule has 0 aliphatic heterocycles. The standard InChI is InChI=1S/C12H13N5/c1-2-10-11(3-1)16-8-17-12(10)14-6-9-4-5-13-7-15-9/h4-5,7-8H,1-3,6H2,(H,14,16,17). The molecule has 1 aliphatic rings. The summed E-state index contributed by atoms with van der Waals surface area (Å²) in [6.45, 7) is 0.673. The van der Waals surface area contributed by atoms with E-state index in [1.165, 1.54) is 17.7 Å². The van der Waals surface area contributed by atoms with Crippen molar-refractivity contribution in [3.63, 3.8) is 0 Å². The van der Waals surface area contributed by atoms with Crippen LogP contribution in [0.2, 0.25) is 0 Å². The normalized spacial score (nSPS) is 13.4. The third kappa shape index (κ3) is 2.08. The number of aromatic nitrogens is 4. The van der Waals surface area contributed by atoms with Crippen LogP contribution in [-0.2, 0) is 19.4 Å². The summed E-state index contributed by atoms with van der Waals surface area (Å²) in [5.41, 5.74) is 3.41. The number of fused-ring (bicyclic) bond motifs is 1. The molecule has 5 nitrogen and oxygen atoms in total. The Hall–Kier alpha value is -2.04. The van der Waals surface area contributed by atoms with Gasteiger partial charge in [-0.05, 0) is 25.3 Å². The van der Waals surface area contributed by atoms with E-state index in [1.54, 1.807) is 18.9 Å². The van der Waals surface area contributed by atoms with Crippen LogP contribution in [0.15, 0.2) is 24.9 Å². The van der Waals surface area contributed by atoms with Crippen LogP contribution in [0.25, 0.3) is 0 Å². The van der Waals surface area contributed by atoms with Crippen LogP contribution < -0.4 is 5.32 Å². The molecule has 0 saturated heterocycles. The van der Waals surface area contributed by atoms with Crippen molar-refractivity contribution in [3.8, 4) is 0 Å². The molecule has 0 bridgehead atoms. The van der Waals surface area contributed by atoms with E-state index in [0.29, 0.717) is 6.54 Å². The van der Waals surface area contributed by atoms with Gasteiger partial charge in [-0.3, -0.25) is 0 Å². The van der Waals surface area contributed by atoms with Gasteiger partial charge in [-0.25, -0.2) is 19.9 Å². The molecule has 1 aliphatic carbocycles. The fourth-order valence-electron chi connectivity index (χ4n) is 2.11. The van der Waals surface area contributed by atoms with Crippen molar-refractivity contribution >= 4 is 5.82 Å². The molecule has 5 heteroatoms. The number of anilines is 1. The summed E-state index contributed by atoms with van der Waals surface area (Å²) >= 11 is 0. The molecule has 2 aromatic rings. The summed E-state index contributed by atoms with van der Waals surface area (Å²) < 4.78 is 0. The second kappa shape index (κ2) is 4.45. The Morgan fingerprint density at radius 3 is 3.00 bits per heavy atom. The topological polar surface area (TPSA) is 63.6 Å². The highest BCUT2D eigenvalue weighted by Crippen LogP contribution is 2.25. The van der Waals surface area contributed by atoms with Crippen molar-refractivity contribution in [2.45, 2.75) is 25.8 Å². The molecule has 0 amide bonds. The first-order valence-corrected chi connectivity index (χ1v) is 5.75. The fraction of sp³-hybridized carbons (Fsp3) is 0.333. The average Bonchev–Trinajstić information content (AvgIpc) is 2.86. The van der Waals surface area contributed by atoms with Gasteiger partial charge in [-0.2, -0.15) is 0 Å². The van der Waals surface area contributed by atoms with Gasteiger partial charge in [0.15, 0.2) is 0 Å². The third-order valence-corrected chi connectivity index (χ3v) is 2.96. The maximum atomic E-state index is 4.30. The Morgan fingerprint density at radius 1 is 1.12 bits per heavy atom. The molecule has 0 radical (unpaired) electrons. The highest BCUT2D eigenvalue weighted by molar-refractivity contribution is 5.48. The molecule has 0 fully saturated rings. The van der Waals surface area contributed by atoms with Gasteiger partial charge in [-0.15, -0.1) is 0 Å². The predicted molar refractivity (Wildman–Crippen MR) is 63.4 cm³/mol. The van der Waals surface area contributed by atoms with E-state index in [1.807, 2.05) is 6.07 Å². The molecule has 0 spiro atoms. The van der Waals surface area contributed by atoms with E-state index >= 15 is 0 Å². The zero-order chi connectivity index (χ0) is 11.5. The monoisotopic (exact) mass is 227 g/mol. The van der Waals surface area contributed by atoms with Crippen molar-refractivity contribution in [1.82, 2.24) is 19.9 Å². The smallest absolute Gasteiger partial charge is 0.133 e. The molecule has 0 unspecified atom stereocenters. The van der Waals surface area contributed by atoms with Crippen LogP contribution >= 0.6 is 0 Å². The van der Waals surface area contributed by atoms with Gasteiger partial charge < -0.3 is 5.32 Å². The molecule has 0 saturated carbocycles. The van der Waals surface area contributed by atoms with Crippen LogP contribution in [-0.4, -0.2) is 19.9 Å². The minimum absolute atomic E-state index is 0.673. The zero-order valence-electron chi connectivity index (χ0n) is 9.43. The van der Waals surface area contributed by atoms with Crippen LogP contribution in [0.4, 0.5) is 5.82 Å². The lowest BCUT2D eigenvalue weighted by Crippen LogP contribution is -2.06. The minimum Gasteiger partial charge on any atom is -0.364 e. The lowest BCUT2D eigenvalue weighted by molar-refractivity contribution is 0.899. The Morgan fingerprint density at radius 2 is 2.12 bits per heavy atom. The largest absolute Gasteiger partial charge is 0.364 e. The molecular formula is C12H13N5. The predicted octanol–water partition coefficient (Wildman–Crippen LogP) is 1.37. The number of hydrogen-bond donors (Lipinski definition) is 1. The van der Waals surface area contributed by atoms with E-state index in [2.05, 4.69) is 25.3 Å². The first-order valence-electron chi connectivity index (χ1n) is 5.75. The number of hydrogen-bond acceptors (Lipinski definition) is 5. The van der Waals surface area contributed by atoms with Crippen molar-refractivity contribution in [2.24, 2.45) is 0 Å². The number of nitrogens with zero attached hydrogens (tertiary/aromatic N) is 4. The highest BCUT2D eigenvalue weighted by Gasteiger charge is 2.16. The Kier molecular flexibility index (Phi) is 2.65. The van der Waals surface area contributed by atoms with Gasteiger partial charge in [0.05, 0.1) is 12.2 Å². The molecular weight excluding hydrogens is 214 g/mol. The van der Waals surface area contributed by atoms with Crippen LogP contribution in [0.5, 0.6) is 0 Å². The Balaban J connectivity index is 1.76. The molecule has 2 heterocycles. The third-order valence-electron chi connectivity index (χ3n) is 2.96. The van der Waals surface area contributed by atoms with Crippen molar-refractivity contribution < 1.29 is 0 Å². The van der Waals surface area contributed by atoms with Gasteiger partial charge in [0.1, 0.15) is 18.5 Å². The van der Waals surface area contributed by atoms with Gasteiger partial charge in [0.2, 0.25) is 0 Å². The van der Waals surface area contributed by atoms with E-state index in [-0.39, 0.29) is 0 Å². The second-order valence-electron chi connectivity index (χ2n) is 4.06. The van der Waals surface area contributed by atoms with Gasteiger partial charge in [-0.1, -0.05) is 0 Å².